The molecule has 0 bridgehead atoms. The molecule has 0 N–H and O–H groups in total. The van der Waals surface area contributed by atoms with Crippen LogP contribution in [0.15, 0.2) is 11.1 Å². The van der Waals surface area contributed by atoms with E-state index in [4.69, 9.17) is 0 Å². The van der Waals surface area contributed by atoms with Crippen molar-refractivity contribution < 1.29 is 9.59 Å². The maximum Gasteiger partial charge on any atom is 0.191 e. The summed E-state index contributed by atoms with van der Waals surface area (Å²) in [7, 11) is 0. The van der Waals surface area contributed by atoms with Crippen molar-refractivity contribution in [3.8, 4) is 0 Å². The minimum absolute atomic E-state index is 0.0166. The molecule has 1 aliphatic rings. The molecule has 1 aromatic rings. The number of Topliss-reactive ketones (excluding diaryl/α,β-unsaturated/α-hetero) is 2. The quantitative estimate of drug-likeness (QED) is 0.831. The summed E-state index contributed by atoms with van der Waals surface area (Å²) in [4.78, 5) is 24.8. The van der Waals surface area contributed by atoms with Crippen molar-refractivity contribution in [1.82, 2.24) is 4.57 Å². The zero-order chi connectivity index (χ0) is 14.3. The Kier molecular flexibility index (Phi) is 3.48. The highest BCUT2D eigenvalue weighted by Gasteiger charge is 2.33. The normalized spacial score (nSPS) is 15.2. The van der Waals surface area contributed by atoms with Crippen LogP contribution in [0.3, 0.4) is 0 Å². The molecule has 1 aliphatic carbocycles. The van der Waals surface area contributed by atoms with Crippen LogP contribution in [0.25, 0.3) is 0 Å². The lowest BCUT2D eigenvalue weighted by atomic mass is 9.86. The molecule has 0 aliphatic heterocycles. The van der Waals surface area contributed by atoms with E-state index in [1.807, 2.05) is 13.8 Å². The zero-order valence-electron chi connectivity index (χ0n) is 12.4. The third kappa shape index (κ3) is 1.88. The molecule has 0 radical (unpaired) electrons. The van der Waals surface area contributed by atoms with Crippen LogP contribution in [0.5, 0.6) is 0 Å². The first-order chi connectivity index (χ1) is 8.91. The van der Waals surface area contributed by atoms with Gasteiger partial charge in [0.25, 0.3) is 0 Å². The van der Waals surface area contributed by atoms with E-state index in [-0.39, 0.29) is 11.6 Å². The second-order valence-corrected chi connectivity index (χ2v) is 5.33. The van der Waals surface area contributed by atoms with Gasteiger partial charge >= 0.3 is 0 Å². The summed E-state index contributed by atoms with van der Waals surface area (Å²) in [6.45, 7) is 10.4. The van der Waals surface area contributed by atoms with Crippen molar-refractivity contribution in [2.75, 3.05) is 0 Å². The van der Waals surface area contributed by atoms with Gasteiger partial charge in [-0.25, -0.2) is 0 Å². The average Bonchev–Trinajstić information content (AvgIpc) is 2.63. The molecule has 0 unspecified atom stereocenters. The highest BCUT2D eigenvalue weighted by Crippen LogP contribution is 2.32. The van der Waals surface area contributed by atoms with Crippen molar-refractivity contribution in [3.63, 3.8) is 0 Å². The van der Waals surface area contributed by atoms with E-state index < -0.39 is 0 Å². The molecule has 0 atom stereocenters. The Morgan fingerprint density at radius 3 is 1.63 bits per heavy atom. The molecule has 0 fully saturated rings. The van der Waals surface area contributed by atoms with Gasteiger partial charge in [-0.3, -0.25) is 9.59 Å². The van der Waals surface area contributed by atoms with Gasteiger partial charge in [-0.15, -0.1) is 0 Å². The van der Waals surface area contributed by atoms with Gasteiger partial charge in [0.2, 0.25) is 0 Å². The fraction of sp³-hybridized carbons (Fsp3) is 0.500. The third-order valence-electron chi connectivity index (χ3n) is 4.22. The van der Waals surface area contributed by atoms with E-state index in [0.717, 1.165) is 30.8 Å². The number of rotatable bonds is 3. The lowest BCUT2D eigenvalue weighted by Crippen LogP contribution is -2.19. The summed E-state index contributed by atoms with van der Waals surface area (Å²) in [5.41, 5.74) is 4.31. The van der Waals surface area contributed by atoms with Gasteiger partial charge in [-0.2, -0.15) is 0 Å². The van der Waals surface area contributed by atoms with Crippen LogP contribution in [-0.4, -0.2) is 16.1 Å². The van der Waals surface area contributed by atoms with Crippen molar-refractivity contribution in [2.45, 2.75) is 54.0 Å². The number of fused-ring (bicyclic) bond motifs is 1. The van der Waals surface area contributed by atoms with Crippen LogP contribution in [0, 0.1) is 13.8 Å². The average molecular weight is 259 g/mol. The van der Waals surface area contributed by atoms with Crippen molar-refractivity contribution >= 4 is 11.6 Å². The maximum atomic E-state index is 12.4. The molecule has 19 heavy (non-hydrogen) atoms. The highest BCUT2D eigenvalue weighted by atomic mass is 16.1. The lowest BCUT2D eigenvalue weighted by molar-refractivity contribution is 0.0975. The number of unbranched alkanes of at least 4 members (excludes halogenated alkanes) is 1. The van der Waals surface area contributed by atoms with Gasteiger partial charge in [0.05, 0.1) is 11.1 Å². The summed E-state index contributed by atoms with van der Waals surface area (Å²) in [5, 5.41) is 0. The fourth-order valence-electron chi connectivity index (χ4n) is 2.81. The molecule has 0 spiro atoms. The minimum atomic E-state index is 0.0166. The molecule has 3 nitrogen and oxygen atoms in total. The topological polar surface area (TPSA) is 39.1 Å². The van der Waals surface area contributed by atoms with E-state index in [1.54, 1.807) is 13.8 Å². The monoisotopic (exact) mass is 259 g/mol. The van der Waals surface area contributed by atoms with Crippen LogP contribution in [0.1, 0.15) is 65.7 Å². The van der Waals surface area contributed by atoms with E-state index in [2.05, 4.69) is 11.5 Å². The third-order valence-corrected chi connectivity index (χ3v) is 4.22. The Morgan fingerprint density at radius 1 is 0.842 bits per heavy atom. The SMILES string of the molecule is CCCCn1c(C)c2c(c1C)C(=O)C(C)=C(C)C2=O. The molecule has 1 heterocycles. The first-order valence-corrected chi connectivity index (χ1v) is 6.88. The Morgan fingerprint density at radius 2 is 1.26 bits per heavy atom. The summed E-state index contributed by atoms with van der Waals surface area (Å²) in [6, 6.07) is 0. The van der Waals surface area contributed by atoms with Crippen LogP contribution >= 0.6 is 0 Å². The number of carbonyl (C=O) groups is 2. The van der Waals surface area contributed by atoms with Crippen LogP contribution < -0.4 is 0 Å². The standard InChI is InChI=1S/C16H21NO2/c1-6-7-8-17-11(4)13-14(12(17)5)16(19)10(3)9(2)15(13)18/h6-8H2,1-5H3. The second kappa shape index (κ2) is 4.80. The van der Waals surface area contributed by atoms with Gasteiger partial charge in [-0.05, 0) is 34.1 Å². The number of ketones is 2. The molecule has 3 heteroatoms. The largest absolute Gasteiger partial charge is 0.348 e. The molecule has 0 saturated carbocycles. The Balaban J connectivity index is 2.64. The predicted molar refractivity (Wildman–Crippen MR) is 75.8 cm³/mol. The zero-order valence-corrected chi connectivity index (χ0v) is 12.4. The van der Waals surface area contributed by atoms with E-state index >= 15 is 0 Å². The van der Waals surface area contributed by atoms with Gasteiger partial charge < -0.3 is 4.57 Å². The molecular formula is C16H21NO2. The predicted octanol–water partition coefficient (Wildman–Crippen LogP) is 3.62. The Hall–Kier alpha value is -1.64. The Bertz CT molecular complexity index is 555. The summed E-state index contributed by atoms with van der Waals surface area (Å²) < 4.78 is 2.12. The first-order valence-electron chi connectivity index (χ1n) is 6.88. The molecule has 0 saturated heterocycles. The molecular weight excluding hydrogens is 238 g/mol. The smallest absolute Gasteiger partial charge is 0.191 e. The maximum absolute atomic E-state index is 12.4. The number of hydrogen-bond acceptors (Lipinski definition) is 2. The van der Waals surface area contributed by atoms with Gasteiger partial charge in [0.1, 0.15) is 0 Å². The number of hydrogen-bond donors (Lipinski definition) is 0. The fourth-order valence-corrected chi connectivity index (χ4v) is 2.81. The van der Waals surface area contributed by atoms with Gasteiger partial charge in [-0.1, -0.05) is 13.3 Å². The number of aromatic nitrogens is 1. The summed E-state index contributed by atoms with van der Waals surface area (Å²) in [5.74, 6) is 0.0332. The number of carbonyl (C=O) groups excluding carboxylic acids is 2. The summed E-state index contributed by atoms with van der Waals surface area (Å²) >= 11 is 0. The van der Waals surface area contributed by atoms with Crippen LogP contribution in [0.2, 0.25) is 0 Å². The number of nitrogens with zero attached hydrogens (tertiary/aromatic N) is 1. The van der Waals surface area contributed by atoms with E-state index in [1.165, 1.54) is 0 Å². The number of allylic oxidation sites excluding steroid dienone is 2. The van der Waals surface area contributed by atoms with E-state index in [0.29, 0.717) is 22.3 Å². The first kappa shape index (κ1) is 13.8. The second-order valence-electron chi connectivity index (χ2n) is 5.33. The van der Waals surface area contributed by atoms with Crippen LogP contribution in [-0.2, 0) is 6.54 Å². The van der Waals surface area contributed by atoms with Gasteiger partial charge in [0.15, 0.2) is 11.6 Å². The molecule has 102 valence electrons. The van der Waals surface area contributed by atoms with Gasteiger partial charge in [0, 0.05) is 29.1 Å². The molecule has 0 aromatic carbocycles. The van der Waals surface area contributed by atoms with Crippen molar-refractivity contribution in [3.05, 3.63) is 33.7 Å². The minimum Gasteiger partial charge on any atom is -0.348 e. The lowest BCUT2D eigenvalue weighted by Gasteiger charge is -2.14. The molecule has 0 amide bonds. The molecule has 1 aromatic heterocycles. The van der Waals surface area contributed by atoms with Crippen molar-refractivity contribution in [2.24, 2.45) is 0 Å². The van der Waals surface area contributed by atoms with Crippen molar-refractivity contribution in [1.29, 1.82) is 0 Å². The van der Waals surface area contributed by atoms with Crippen LogP contribution in [0.4, 0.5) is 0 Å². The summed E-state index contributed by atoms with van der Waals surface area (Å²) in [6.07, 6.45) is 2.16. The molecule has 2 rings (SSSR count). The van der Waals surface area contributed by atoms with E-state index in [9.17, 15) is 9.59 Å². The highest BCUT2D eigenvalue weighted by molar-refractivity contribution is 6.27. The Labute approximate surface area is 114 Å².